The predicted molar refractivity (Wildman–Crippen MR) is 190 cm³/mol. The molecule has 0 aromatic heterocycles. The number of thiol groups is 1. The number of hydrogen-bond acceptors (Lipinski definition) is 9. The molecule has 6 atom stereocenters. The molecule has 0 bridgehead atoms. The lowest BCUT2D eigenvalue weighted by molar-refractivity contribution is -0.141. The number of aliphatic hydroxyl groups excluding tert-OH is 1. The van der Waals surface area contributed by atoms with E-state index in [0.717, 1.165) is 16.3 Å². The Bertz CT molecular complexity index is 1570. The lowest BCUT2D eigenvalue weighted by Crippen LogP contribution is -2.61. The number of fused-ring (bicyclic) bond motifs is 1. The fourth-order valence-electron chi connectivity index (χ4n) is 5.19. The minimum atomic E-state index is -1.53. The van der Waals surface area contributed by atoms with Gasteiger partial charge in [-0.15, -0.1) is 0 Å². The Morgan fingerprint density at radius 3 is 1.96 bits per heavy atom. The minimum absolute atomic E-state index is 0.00926. The molecule has 13 nitrogen and oxygen atoms in total. The van der Waals surface area contributed by atoms with Crippen LogP contribution in [0.2, 0.25) is 0 Å². The Hall–Kier alpha value is -4.50. The number of carbonyl (C=O) groups excluding carboxylic acids is 4. The van der Waals surface area contributed by atoms with Gasteiger partial charge in [0.05, 0.1) is 12.1 Å². The number of benzene rings is 3. The van der Waals surface area contributed by atoms with E-state index >= 15 is 0 Å². The van der Waals surface area contributed by atoms with Crippen LogP contribution in [0.25, 0.3) is 10.8 Å². The number of amides is 4. The van der Waals surface area contributed by atoms with Crippen LogP contribution < -0.4 is 32.7 Å². The van der Waals surface area contributed by atoms with Gasteiger partial charge in [-0.25, -0.2) is 4.79 Å². The number of aliphatic carboxylic acids is 1. The van der Waals surface area contributed by atoms with Gasteiger partial charge in [0.25, 0.3) is 0 Å². The average Bonchev–Trinajstić information content (AvgIpc) is 3.08. The Balaban J connectivity index is 1.74. The molecule has 0 saturated carbocycles. The van der Waals surface area contributed by atoms with E-state index in [0.29, 0.717) is 24.9 Å². The first kappa shape index (κ1) is 38.9. The fourth-order valence-corrected chi connectivity index (χ4v) is 5.44. The zero-order valence-electron chi connectivity index (χ0n) is 27.4. The second-order valence-electron chi connectivity index (χ2n) is 11.9. The van der Waals surface area contributed by atoms with Crippen molar-refractivity contribution in [1.82, 2.24) is 21.3 Å². The molecule has 3 rings (SSSR count). The second kappa shape index (κ2) is 19.5. The summed E-state index contributed by atoms with van der Waals surface area (Å²) in [5, 5.41) is 32.1. The summed E-state index contributed by atoms with van der Waals surface area (Å²) in [5.74, 6) is -4.49. The Morgan fingerprint density at radius 2 is 1.33 bits per heavy atom. The topological polar surface area (TPSA) is 226 Å². The molecule has 3 aromatic rings. The largest absolute Gasteiger partial charge is 0.480 e. The molecule has 0 heterocycles. The van der Waals surface area contributed by atoms with Crippen LogP contribution >= 0.6 is 12.6 Å². The lowest BCUT2D eigenvalue weighted by atomic mass is 10.0. The van der Waals surface area contributed by atoms with Crippen molar-refractivity contribution in [2.75, 3.05) is 12.3 Å². The van der Waals surface area contributed by atoms with Crippen molar-refractivity contribution in [3.05, 3.63) is 83.9 Å². The molecular weight excluding hydrogens is 648 g/mol. The SMILES string of the molecule is C[C@@H](O)[C@H](NC(=O)[C@H](CCCCN)NC(=O)[C@@H](N)Cc1ccc2ccccc2c1)C(=O)N[C@@H](Cc1ccccc1)C(=O)N[C@@H](CS)C(=O)O. The third-order valence-electron chi connectivity index (χ3n) is 7.96. The number of aliphatic hydroxyl groups is 1. The Morgan fingerprint density at radius 1 is 0.714 bits per heavy atom. The van der Waals surface area contributed by atoms with Crippen LogP contribution in [-0.4, -0.2) is 88.4 Å². The van der Waals surface area contributed by atoms with E-state index in [1.54, 1.807) is 30.3 Å². The van der Waals surface area contributed by atoms with Gasteiger partial charge in [0.1, 0.15) is 24.2 Å². The molecule has 0 aliphatic heterocycles. The van der Waals surface area contributed by atoms with Crippen molar-refractivity contribution >= 4 is 53.0 Å². The molecule has 0 unspecified atom stereocenters. The highest BCUT2D eigenvalue weighted by Crippen LogP contribution is 2.17. The summed E-state index contributed by atoms with van der Waals surface area (Å²) in [7, 11) is 0. The van der Waals surface area contributed by atoms with E-state index in [1.807, 2.05) is 42.5 Å². The minimum Gasteiger partial charge on any atom is -0.480 e. The molecule has 10 N–H and O–H groups in total. The van der Waals surface area contributed by atoms with Crippen molar-refractivity contribution in [1.29, 1.82) is 0 Å². The molecule has 0 saturated heterocycles. The number of unbranched alkanes of at least 4 members (excludes halogenated alkanes) is 1. The van der Waals surface area contributed by atoms with Crippen LogP contribution in [0.3, 0.4) is 0 Å². The van der Waals surface area contributed by atoms with E-state index in [1.165, 1.54) is 6.92 Å². The summed E-state index contributed by atoms with van der Waals surface area (Å²) in [5.41, 5.74) is 13.4. The number of hydrogen-bond donors (Lipinski definition) is 9. The number of carboxylic acids is 1. The van der Waals surface area contributed by atoms with Crippen LogP contribution in [0.5, 0.6) is 0 Å². The Kier molecular flexibility index (Phi) is 15.5. The van der Waals surface area contributed by atoms with E-state index in [9.17, 15) is 34.2 Å². The summed E-state index contributed by atoms with van der Waals surface area (Å²) < 4.78 is 0. The number of carbonyl (C=O) groups is 5. The summed E-state index contributed by atoms with van der Waals surface area (Å²) in [4.78, 5) is 64.9. The van der Waals surface area contributed by atoms with Gasteiger partial charge < -0.3 is 42.9 Å². The molecule has 264 valence electrons. The highest BCUT2D eigenvalue weighted by Gasteiger charge is 2.33. The summed E-state index contributed by atoms with van der Waals surface area (Å²) in [6.07, 6.45) is 0.0331. The van der Waals surface area contributed by atoms with Crippen molar-refractivity contribution in [2.24, 2.45) is 11.5 Å². The van der Waals surface area contributed by atoms with Crippen LogP contribution in [0.1, 0.15) is 37.3 Å². The molecule has 14 heteroatoms. The van der Waals surface area contributed by atoms with Gasteiger partial charge in [-0.05, 0) is 61.1 Å². The third-order valence-corrected chi connectivity index (χ3v) is 8.33. The van der Waals surface area contributed by atoms with Gasteiger partial charge in [0, 0.05) is 12.2 Å². The predicted octanol–water partition coefficient (Wildman–Crippen LogP) is 0.416. The molecule has 4 amide bonds. The van der Waals surface area contributed by atoms with Gasteiger partial charge >= 0.3 is 5.97 Å². The highest BCUT2D eigenvalue weighted by atomic mass is 32.1. The van der Waals surface area contributed by atoms with Crippen molar-refractivity contribution in [3.63, 3.8) is 0 Å². The maximum atomic E-state index is 13.5. The monoisotopic (exact) mass is 694 g/mol. The quantitative estimate of drug-likeness (QED) is 0.0625. The maximum absolute atomic E-state index is 13.5. The first-order chi connectivity index (χ1) is 23.4. The van der Waals surface area contributed by atoms with Crippen LogP contribution in [0, 0.1) is 0 Å². The molecule has 3 aromatic carbocycles. The molecule has 0 aliphatic rings. The van der Waals surface area contributed by atoms with Gasteiger partial charge in [0.15, 0.2) is 0 Å². The number of carboxylic acid groups (broad SMARTS) is 1. The Labute approximate surface area is 291 Å². The van der Waals surface area contributed by atoms with Gasteiger partial charge in [-0.2, -0.15) is 12.6 Å². The molecule has 49 heavy (non-hydrogen) atoms. The summed E-state index contributed by atoms with van der Waals surface area (Å²) in [6.45, 7) is 1.66. The van der Waals surface area contributed by atoms with Gasteiger partial charge in [-0.1, -0.05) is 72.8 Å². The van der Waals surface area contributed by atoms with Crippen molar-refractivity contribution in [2.45, 2.75) is 75.3 Å². The smallest absolute Gasteiger partial charge is 0.327 e. The van der Waals surface area contributed by atoms with Gasteiger partial charge in [0.2, 0.25) is 23.6 Å². The lowest BCUT2D eigenvalue weighted by Gasteiger charge is -2.27. The van der Waals surface area contributed by atoms with Crippen molar-refractivity contribution < 1.29 is 34.2 Å². The van der Waals surface area contributed by atoms with E-state index < -0.39 is 65.9 Å². The van der Waals surface area contributed by atoms with E-state index in [-0.39, 0.29) is 25.0 Å². The zero-order chi connectivity index (χ0) is 35.9. The average molecular weight is 695 g/mol. The second-order valence-corrected chi connectivity index (χ2v) is 12.3. The molecular formula is C35H46N6O7S. The summed E-state index contributed by atoms with van der Waals surface area (Å²) in [6, 6.07) is 16.1. The highest BCUT2D eigenvalue weighted by molar-refractivity contribution is 7.80. The molecule has 0 aliphatic carbocycles. The third kappa shape index (κ3) is 12.2. The van der Waals surface area contributed by atoms with Crippen LogP contribution in [-0.2, 0) is 36.8 Å². The number of nitrogens with one attached hydrogen (secondary N) is 4. The normalized spacial score (nSPS) is 14.8. The standard InChI is InChI=1S/C35H46N6O7S/c1-21(42)30(34(46)39-28(19-22-9-3-2-4-10-22)33(45)40-29(20-49)35(47)48)41-32(44)27(13-7-8-16-36)38-31(43)26(37)18-23-14-15-24-11-5-6-12-25(24)17-23/h2-6,9-12,14-15,17,21,26-30,42,49H,7-8,13,16,18-20,36-37H2,1H3,(H,38,43)(H,39,46)(H,40,45)(H,41,44)(H,47,48)/t21-,26+,27+,28+,29+,30+/m1/s1. The molecule has 0 spiro atoms. The first-order valence-corrected chi connectivity index (χ1v) is 16.8. The number of rotatable bonds is 19. The fraction of sp³-hybridized carbons (Fsp3) is 0.400. The number of nitrogens with two attached hydrogens (primary N) is 2. The first-order valence-electron chi connectivity index (χ1n) is 16.1. The zero-order valence-corrected chi connectivity index (χ0v) is 28.3. The van der Waals surface area contributed by atoms with Crippen LogP contribution in [0.15, 0.2) is 72.8 Å². The van der Waals surface area contributed by atoms with Crippen molar-refractivity contribution in [3.8, 4) is 0 Å². The molecule has 0 fully saturated rings. The van der Waals surface area contributed by atoms with Crippen LogP contribution in [0.4, 0.5) is 0 Å². The van der Waals surface area contributed by atoms with Gasteiger partial charge in [-0.3, -0.25) is 19.2 Å². The maximum Gasteiger partial charge on any atom is 0.327 e. The van der Waals surface area contributed by atoms with E-state index in [2.05, 4.69) is 33.9 Å². The summed E-state index contributed by atoms with van der Waals surface area (Å²) >= 11 is 3.98. The van der Waals surface area contributed by atoms with E-state index in [4.69, 9.17) is 11.5 Å². The molecule has 0 radical (unpaired) electrons.